The van der Waals surface area contributed by atoms with E-state index in [1.807, 2.05) is 0 Å². The van der Waals surface area contributed by atoms with E-state index in [1.165, 1.54) is 32.2 Å². The number of ether oxygens (including phenoxy) is 1. The van der Waals surface area contributed by atoms with Gasteiger partial charge in [0.25, 0.3) is 0 Å². The Morgan fingerprint density at radius 1 is 1.45 bits per heavy atom. The summed E-state index contributed by atoms with van der Waals surface area (Å²) in [5, 5.41) is 3.36. The Hall–Kier alpha value is -0.0800. The summed E-state index contributed by atoms with van der Waals surface area (Å²) in [5.74, 6) is 0. The summed E-state index contributed by atoms with van der Waals surface area (Å²) in [4.78, 5) is 0. The van der Waals surface area contributed by atoms with E-state index in [2.05, 4.69) is 12.2 Å². The van der Waals surface area contributed by atoms with Crippen LogP contribution in [0.3, 0.4) is 0 Å². The molecule has 2 rings (SSSR count). The maximum absolute atomic E-state index is 5.93. The topological polar surface area (TPSA) is 21.3 Å². The van der Waals surface area contributed by atoms with Gasteiger partial charge in [-0.05, 0) is 39.2 Å². The Labute approximate surface area is 68.3 Å². The molecule has 11 heavy (non-hydrogen) atoms. The average Bonchev–Trinajstić information content (AvgIpc) is 2.70. The molecule has 2 heteroatoms. The second-order valence-electron chi connectivity index (χ2n) is 4.04. The van der Waals surface area contributed by atoms with Crippen molar-refractivity contribution in [3.05, 3.63) is 0 Å². The highest BCUT2D eigenvalue weighted by molar-refractivity contribution is 4.92. The maximum Gasteiger partial charge on any atom is 0.0707 e. The molecule has 0 bridgehead atoms. The van der Waals surface area contributed by atoms with Crippen LogP contribution < -0.4 is 5.32 Å². The van der Waals surface area contributed by atoms with Gasteiger partial charge in [0.05, 0.1) is 11.7 Å². The van der Waals surface area contributed by atoms with Crippen molar-refractivity contribution in [2.45, 2.75) is 44.3 Å². The molecule has 0 aromatic rings. The first-order valence-electron chi connectivity index (χ1n) is 4.67. The highest BCUT2D eigenvalue weighted by atomic mass is 16.5. The molecular weight excluding hydrogens is 138 g/mol. The molecule has 0 radical (unpaired) electrons. The van der Waals surface area contributed by atoms with Crippen LogP contribution in [0.15, 0.2) is 0 Å². The van der Waals surface area contributed by atoms with E-state index < -0.39 is 0 Å². The maximum atomic E-state index is 5.93. The molecule has 1 aliphatic carbocycles. The molecule has 1 N–H and O–H groups in total. The second-order valence-corrected chi connectivity index (χ2v) is 4.04. The van der Waals surface area contributed by atoms with Crippen molar-refractivity contribution >= 4 is 0 Å². The summed E-state index contributed by atoms with van der Waals surface area (Å²) in [6.45, 7) is 4.47. The number of hydrogen-bond acceptors (Lipinski definition) is 2. The number of nitrogens with one attached hydrogen (secondary N) is 1. The Bertz CT molecular complexity index is 136. The molecule has 2 nitrogen and oxygen atoms in total. The van der Waals surface area contributed by atoms with Crippen LogP contribution in [0.4, 0.5) is 0 Å². The molecule has 64 valence electrons. The highest BCUT2D eigenvalue weighted by Crippen LogP contribution is 2.40. The molecule has 2 aliphatic rings. The van der Waals surface area contributed by atoms with Crippen LogP contribution in [-0.4, -0.2) is 24.8 Å². The zero-order valence-corrected chi connectivity index (χ0v) is 7.23. The van der Waals surface area contributed by atoms with Crippen molar-refractivity contribution in [3.8, 4) is 0 Å². The van der Waals surface area contributed by atoms with Gasteiger partial charge < -0.3 is 10.1 Å². The van der Waals surface area contributed by atoms with Gasteiger partial charge in [-0.1, -0.05) is 0 Å². The summed E-state index contributed by atoms with van der Waals surface area (Å²) >= 11 is 0. The summed E-state index contributed by atoms with van der Waals surface area (Å²) in [5.41, 5.74) is 0.268. The second kappa shape index (κ2) is 2.76. The van der Waals surface area contributed by atoms with Gasteiger partial charge in [0.2, 0.25) is 0 Å². The first kappa shape index (κ1) is 7.56. The average molecular weight is 155 g/mol. The van der Waals surface area contributed by atoms with E-state index in [0.29, 0.717) is 6.10 Å². The molecular formula is C9H17NO. The first-order chi connectivity index (χ1) is 5.29. The summed E-state index contributed by atoms with van der Waals surface area (Å²) in [7, 11) is 0. The van der Waals surface area contributed by atoms with Crippen LogP contribution in [-0.2, 0) is 4.74 Å². The molecule has 0 spiro atoms. The fourth-order valence-corrected chi connectivity index (χ4v) is 1.62. The molecule has 1 heterocycles. The predicted molar refractivity (Wildman–Crippen MR) is 44.6 cm³/mol. The Morgan fingerprint density at radius 2 is 2.27 bits per heavy atom. The number of piperidine rings is 1. The third kappa shape index (κ3) is 1.94. The number of hydrogen-bond donors (Lipinski definition) is 1. The van der Waals surface area contributed by atoms with Gasteiger partial charge >= 0.3 is 0 Å². The minimum absolute atomic E-state index is 0.268. The summed E-state index contributed by atoms with van der Waals surface area (Å²) in [6, 6.07) is 0. The smallest absolute Gasteiger partial charge is 0.0707 e. The van der Waals surface area contributed by atoms with Crippen LogP contribution in [0.1, 0.15) is 32.6 Å². The van der Waals surface area contributed by atoms with Crippen LogP contribution in [0.2, 0.25) is 0 Å². The largest absolute Gasteiger partial charge is 0.371 e. The van der Waals surface area contributed by atoms with Gasteiger partial charge in [0, 0.05) is 6.54 Å². The third-order valence-corrected chi connectivity index (χ3v) is 2.66. The molecule has 1 saturated carbocycles. The Morgan fingerprint density at radius 3 is 2.82 bits per heavy atom. The van der Waals surface area contributed by atoms with E-state index in [4.69, 9.17) is 4.74 Å². The van der Waals surface area contributed by atoms with Crippen molar-refractivity contribution in [2.75, 3.05) is 13.1 Å². The minimum Gasteiger partial charge on any atom is -0.371 e. The molecule has 1 unspecified atom stereocenters. The molecule has 2 fully saturated rings. The standard InChI is InChI=1S/C9H17NO/c1-9(4-5-9)11-8-3-2-6-10-7-8/h8,10H,2-7H2,1H3. The Balaban J connectivity index is 1.76. The zero-order chi connectivity index (χ0) is 7.73. The van der Waals surface area contributed by atoms with E-state index in [-0.39, 0.29) is 5.60 Å². The van der Waals surface area contributed by atoms with Gasteiger partial charge in [-0.15, -0.1) is 0 Å². The van der Waals surface area contributed by atoms with Gasteiger partial charge in [-0.3, -0.25) is 0 Å². The fraction of sp³-hybridized carbons (Fsp3) is 1.00. The summed E-state index contributed by atoms with van der Waals surface area (Å²) < 4.78 is 5.93. The van der Waals surface area contributed by atoms with Crippen LogP contribution >= 0.6 is 0 Å². The van der Waals surface area contributed by atoms with Crippen LogP contribution in [0, 0.1) is 0 Å². The van der Waals surface area contributed by atoms with Crippen molar-refractivity contribution in [1.29, 1.82) is 0 Å². The fourth-order valence-electron chi connectivity index (χ4n) is 1.62. The first-order valence-corrected chi connectivity index (χ1v) is 4.67. The molecule has 0 aromatic heterocycles. The number of rotatable bonds is 2. The zero-order valence-electron chi connectivity index (χ0n) is 7.23. The molecule has 1 aliphatic heterocycles. The SMILES string of the molecule is CC1(OC2CCCNC2)CC1. The normalized spacial score (nSPS) is 35.2. The quantitative estimate of drug-likeness (QED) is 0.649. The van der Waals surface area contributed by atoms with Crippen molar-refractivity contribution in [3.63, 3.8) is 0 Å². The Kier molecular flexibility index (Phi) is 1.90. The predicted octanol–water partition coefficient (Wildman–Crippen LogP) is 1.31. The van der Waals surface area contributed by atoms with Gasteiger partial charge in [0.1, 0.15) is 0 Å². The van der Waals surface area contributed by atoms with E-state index >= 15 is 0 Å². The lowest BCUT2D eigenvalue weighted by atomic mass is 10.1. The molecule has 0 aromatic carbocycles. The van der Waals surface area contributed by atoms with E-state index in [1.54, 1.807) is 0 Å². The lowest BCUT2D eigenvalue weighted by Gasteiger charge is -2.26. The molecule has 1 saturated heterocycles. The van der Waals surface area contributed by atoms with Crippen molar-refractivity contribution in [2.24, 2.45) is 0 Å². The van der Waals surface area contributed by atoms with Crippen LogP contribution in [0.25, 0.3) is 0 Å². The lowest BCUT2D eigenvalue weighted by molar-refractivity contribution is -0.0296. The van der Waals surface area contributed by atoms with E-state index in [0.717, 1.165) is 6.54 Å². The van der Waals surface area contributed by atoms with Gasteiger partial charge in [-0.2, -0.15) is 0 Å². The van der Waals surface area contributed by atoms with Crippen LogP contribution in [0.5, 0.6) is 0 Å². The molecule has 1 atom stereocenters. The minimum atomic E-state index is 0.268. The molecule has 0 amide bonds. The van der Waals surface area contributed by atoms with E-state index in [9.17, 15) is 0 Å². The third-order valence-electron chi connectivity index (χ3n) is 2.66. The highest BCUT2D eigenvalue weighted by Gasteiger charge is 2.40. The summed E-state index contributed by atoms with van der Waals surface area (Å²) in [6.07, 6.45) is 5.56. The van der Waals surface area contributed by atoms with Gasteiger partial charge in [0.15, 0.2) is 0 Å². The monoisotopic (exact) mass is 155 g/mol. The van der Waals surface area contributed by atoms with Crippen molar-refractivity contribution in [1.82, 2.24) is 5.32 Å². The van der Waals surface area contributed by atoms with Crippen molar-refractivity contribution < 1.29 is 4.74 Å². The lowest BCUT2D eigenvalue weighted by Crippen LogP contribution is -2.37. The van der Waals surface area contributed by atoms with Gasteiger partial charge in [-0.25, -0.2) is 0 Å².